The minimum Gasteiger partial charge on any atom is -0.392 e. The Morgan fingerprint density at radius 1 is 1.14 bits per heavy atom. The second-order valence-electron chi connectivity index (χ2n) is 5.43. The minimum absolute atomic E-state index is 0.0227. The van der Waals surface area contributed by atoms with E-state index in [1.165, 1.54) is 5.56 Å². The maximum absolute atomic E-state index is 9.10. The Hall–Kier alpha value is -1.98. The Bertz CT molecular complexity index is 573. The van der Waals surface area contributed by atoms with Crippen LogP contribution in [-0.2, 0) is 6.61 Å². The van der Waals surface area contributed by atoms with Gasteiger partial charge in [0.25, 0.3) is 0 Å². The van der Waals surface area contributed by atoms with Crippen molar-refractivity contribution in [2.24, 2.45) is 0 Å². The monoisotopic (exact) mass is 284 g/mol. The van der Waals surface area contributed by atoms with Gasteiger partial charge in [0.2, 0.25) is 5.95 Å². The van der Waals surface area contributed by atoms with E-state index in [0.717, 1.165) is 31.1 Å². The summed E-state index contributed by atoms with van der Waals surface area (Å²) in [4.78, 5) is 13.4. The molecule has 1 aromatic carbocycles. The fraction of sp³-hybridized carbons (Fsp3) is 0.375. The van der Waals surface area contributed by atoms with E-state index in [1.54, 1.807) is 12.4 Å². The van der Waals surface area contributed by atoms with Crippen LogP contribution in [0.3, 0.4) is 0 Å². The van der Waals surface area contributed by atoms with Crippen LogP contribution in [0, 0.1) is 0 Å². The first-order chi connectivity index (χ1) is 10.3. The third-order valence-corrected chi connectivity index (χ3v) is 3.90. The number of rotatable bonds is 3. The van der Waals surface area contributed by atoms with Gasteiger partial charge in [0.1, 0.15) is 0 Å². The van der Waals surface area contributed by atoms with Crippen LogP contribution < -0.4 is 4.90 Å². The van der Waals surface area contributed by atoms with Crippen molar-refractivity contribution in [1.29, 1.82) is 0 Å². The number of nitrogens with zero attached hydrogens (tertiary/aromatic N) is 4. The van der Waals surface area contributed by atoms with Crippen LogP contribution in [0.15, 0.2) is 42.7 Å². The zero-order valence-electron chi connectivity index (χ0n) is 12.2. The van der Waals surface area contributed by atoms with Gasteiger partial charge in [-0.3, -0.25) is 0 Å². The van der Waals surface area contributed by atoms with E-state index in [4.69, 9.17) is 5.11 Å². The molecule has 0 aliphatic carbocycles. The summed E-state index contributed by atoms with van der Waals surface area (Å²) >= 11 is 0. The smallest absolute Gasteiger partial charge is 0.225 e. The Labute approximate surface area is 124 Å². The third-order valence-electron chi connectivity index (χ3n) is 3.90. The molecule has 1 aliphatic heterocycles. The van der Waals surface area contributed by atoms with E-state index in [1.807, 2.05) is 6.07 Å². The van der Waals surface area contributed by atoms with Gasteiger partial charge in [-0.25, -0.2) is 9.97 Å². The third kappa shape index (κ3) is 3.04. The molecule has 3 rings (SSSR count). The van der Waals surface area contributed by atoms with Crippen molar-refractivity contribution in [2.75, 3.05) is 31.6 Å². The number of piperazine rings is 1. The predicted octanol–water partition coefficient (Wildman–Crippen LogP) is 1.46. The van der Waals surface area contributed by atoms with Crippen molar-refractivity contribution in [3.63, 3.8) is 0 Å². The first-order valence-corrected chi connectivity index (χ1v) is 7.20. The Morgan fingerprint density at radius 2 is 1.86 bits per heavy atom. The Kier molecular flexibility index (Phi) is 4.13. The van der Waals surface area contributed by atoms with Gasteiger partial charge in [0, 0.05) is 37.6 Å². The SMILES string of the molecule is CN1CCN(c2ncc(CO)cn2)C(c2ccccc2)C1. The zero-order chi connectivity index (χ0) is 14.7. The molecular weight excluding hydrogens is 264 g/mol. The summed E-state index contributed by atoms with van der Waals surface area (Å²) in [6, 6.07) is 10.7. The highest BCUT2D eigenvalue weighted by Gasteiger charge is 2.28. The van der Waals surface area contributed by atoms with Crippen LogP contribution in [0.5, 0.6) is 0 Å². The van der Waals surface area contributed by atoms with E-state index in [0.29, 0.717) is 0 Å². The lowest BCUT2D eigenvalue weighted by molar-refractivity contribution is 0.266. The highest BCUT2D eigenvalue weighted by Crippen LogP contribution is 2.27. The number of hydrogen-bond donors (Lipinski definition) is 1. The van der Waals surface area contributed by atoms with E-state index in [9.17, 15) is 0 Å². The van der Waals surface area contributed by atoms with Crippen LogP contribution >= 0.6 is 0 Å². The first kappa shape index (κ1) is 14.0. The zero-order valence-corrected chi connectivity index (χ0v) is 12.2. The molecule has 21 heavy (non-hydrogen) atoms. The summed E-state index contributed by atoms with van der Waals surface area (Å²) in [6.45, 7) is 2.82. The van der Waals surface area contributed by atoms with Gasteiger partial charge < -0.3 is 14.9 Å². The second-order valence-corrected chi connectivity index (χ2v) is 5.43. The van der Waals surface area contributed by atoms with Gasteiger partial charge in [-0.1, -0.05) is 30.3 Å². The molecule has 1 aliphatic rings. The van der Waals surface area contributed by atoms with Crippen LogP contribution in [0.25, 0.3) is 0 Å². The highest BCUT2D eigenvalue weighted by molar-refractivity contribution is 5.38. The maximum atomic E-state index is 9.10. The first-order valence-electron chi connectivity index (χ1n) is 7.20. The number of likely N-dealkylation sites (N-methyl/N-ethyl adjacent to an activating group) is 1. The average molecular weight is 284 g/mol. The van der Waals surface area contributed by atoms with Crippen molar-refractivity contribution in [3.05, 3.63) is 53.9 Å². The normalized spacial score (nSPS) is 19.7. The fourth-order valence-corrected chi connectivity index (χ4v) is 2.70. The van der Waals surface area contributed by atoms with Crippen LogP contribution in [0.4, 0.5) is 5.95 Å². The molecule has 0 radical (unpaired) electrons. The highest BCUT2D eigenvalue weighted by atomic mass is 16.3. The number of hydrogen-bond acceptors (Lipinski definition) is 5. The molecule has 1 saturated heterocycles. The Balaban J connectivity index is 1.90. The predicted molar refractivity (Wildman–Crippen MR) is 82.0 cm³/mol. The summed E-state index contributed by atoms with van der Waals surface area (Å²) in [5, 5.41) is 9.10. The molecule has 0 saturated carbocycles. The number of benzene rings is 1. The largest absolute Gasteiger partial charge is 0.392 e. The summed E-state index contributed by atoms with van der Waals surface area (Å²) in [6.07, 6.45) is 3.39. The standard InChI is InChI=1S/C16H20N4O/c1-19-7-8-20(16-17-9-13(12-21)10-18-16)15(11-19)14-5-3-2-4-6-14/h2-6,9-10,15,21H,7-8,11-12H2,1H3. The molecule has 5 heteroatoms. The molecule has 0 spiro atoms. The number of anilines is 1. The van der Waals surface area contributed by atoms with Crippen molar-refractivity contribution < 1.29 is 5.11 Å². The minimum atomic E-state index is -0.0227. The van der Waals surface area contributed by atoms with Crippen molar-refractivity contribution in [1.82, 2.24) is 14.9 Å². The molecule has 1 fully saturated rings. The van der Waals surface area contributed by atoms with Gasteiger partial charge >= 0.3 is 0 Å². The summed E-state index contributed by atoms with van der Waals surface area (Å²) in [7, 11) is 2.14. The van der Waals surface area contributed by atoms with Crippen LogP contribution in [0.1, 0.15) is 17.2 Å². The van der Waals surface area contributed by atoms with Crippen LogP contribution in [-0.4, -0.2) is 46.7 Å². The van der Waals surface area contributed by atoms with E-state index >= 15 is 0 Å². The fourth-order valence-electron chi connectivity index (χ4n) is 2.70. The van der Waals surface area contributed by atoms with E-state index in [2.05, 4.69) is 51.1 Å². The molecule has 110 valence electrons. The van der Waals surface area contributed by atoms with Gasteiger partial charge in [0.15, 0.2) is 0 Å². The molecule has 2 aromatic rings. The molecule has 1 unspecified atom stereocenters. The maximum Gasteiger partial charge on any atom is 0.225 e. The summed E-state index contributed by atoms with van der Waals surface area (Å²) < 4.78 is 0. The molecule has 1 atom stereocenters. The lowest BCUT2D eigenvalue weighted by Gasteiger charge is -2.40. The number of aliphatic hydroxyl groups excluding tert-OH is 1. The van der Waals surface area contributed by atoms with Gasteiger partial charge in [0.05, 0.1) is 12.6 Å². The number of aromatic nitrogens is 2. The van der Waals surface area contributed by atoms with Gasteiger partial charge in [-0.2, -0.15) is 0 Å². The van der Waals surface area contributed by atoms with E-state index in [-0.39, 0.29) is 12.6 Å². The van der Waals surface area contributed by atoms with E-state index < -0.39 is 0 Å². The topological polar surface area (TPSA) is 52.5 Å². The van der Waals surface area contributed by atoms with Crippen molar-refractivity contribution in [2.45, 2.75) is 12.6 Å². The Morgan fingerprint density at radius 3 is 2.52 bits per heavy atom. The van der Waals surface area contributed by atoms with Crippen molar-refractivity contribution >= 4 is 5.95 Å². The number of aliphatic hydroxyl groups is 1. The van der Waals surface area contributed by atoms with Crippen LogP contribution in [0.2, 0.25) is 0 Å². The van der Waals surface area contributed by atoms with Crippen molar-refractivity contribution in [3.8, 4) is 0 Å². The lowest BCUT2D eigenvalue weighted by atomic mass is 10.0. The second kappa shape index (κ2) is 6.20. The molecule has 1 aromatic heterocycles. The summed E-state index contributed by atoms with van der Waals surface area (Å²) in [5.74, 6) is 0.731. The average Bonchev–Trinajstić information content (AvgIpc) is 2.56. The molecular formula is C16H20N4O. The van der Waals surface area contributed by atoms with Gasteiger partial charge in [-0.05, 0) is 12.6 Å². The lowest BCUT2D eigenvalue weighted by Crippen LogP contribution is -2.47. The molecule has 0 amide bonds. The van der Waals surface area contributed by atoms with Gasteiger partial charge in [-0.15, -0.1) is 0 Å². The quantitative estimate of drug-likeness (QED) is 0.925. The molecule has 0 bridgehead atoms. The summed E-state index contributed by atoms with van der Waals surface area (Å²) in [5.41, 5.74) is 2.02. The molecule has 5 nitrogen and oxygen atoms in total. The molecule has 1 N–H and O–H groups in total. The molecule has 2 heterocycles.